The lowest BCUT2D eigenvalue weighted by Gasteiger charge is -2.36. The fourth-order valence-corrected chi connectivity index (χ4v) is 5.69. The number of hydrogen-bond acceptors (Lipinski definition) is 7. The van der Waals surface area contributed by atoms with E-state index in [1.54, 1.807) is 30.3 Å². The summed E-state index contributed by atoms with van der Waals surface area (Å²) >= 11 is 1.47. The van der Waals surface area contributed by atoms with E-state index in [2.05, 4.69) is 22.0 Å². The second kappa shape index (κ2) is 8.20. The zero-order valence-corrected chi connectivity index (χ0v) is 18.3. The first-order chi connectivity index (χ1) is 15.1. The van der Waals surface area contributed by atoms with Crippen LogP contribution in [-0.2, 0) is 9.84 Å². The molecule has 1 aliphatic rings. The lowest BCUT2D eigenvalue weighted by Crippen LogP contribution is -2.46. The molecule has 0 atom stereocenters. The highest BCUT2D eigenvalue weighted by molar-refractivity contribution is 7.91. The summed E-state index contributed by atoms with van der Waals surface area (Å²) in [6.07, 6.45) is 0. The summed E-state index contributed by atoms with van der Waals surface area (Å²) < 4.78 is 32.9. The smallest absolute Gasteiger partial charge is 0.240 e. The van der Waals surface area contributed by atoms with E-state index in [9.17, 15) is 8.42 Å². The lowest BCUT2D eigenvalue weighted by molar-refractivity contribution is 0.526. The van der Waals surface area contributed by atoms with E-state index < -0.39 is 9.84 Å². The van der Waals surface area contributed by atoms with Crippen LogP contribution in [0.25, 0.3) is 10.8 Å². The Hall–Kier alpha value is -3.10. The number of para-hydroxylation sites is 1. The maximum Gasteiger partial charge on any atom is 0.240 e. The van der Waals surface area contributed by atoms with Gasteiger partial charge in [-0.15, -0.1) is 11.3 Å². The van der Waals surface area contributed by atoms with Crippen molar-refractivity contribution in [1.29, 1.82) is 0 Å². The quantitative estimate of drug-likeness (QED) is 0.443. The van der Waals surface area contributed by atoms with E-state index in [-0.39, 0.29) is 9.92 Å². The van der Waals surface area contributed by atoms with Crippen molar-refractivity contribution in [2.75, 3.05) is 36.0 Å². The van der Waals surface area contributed by atoms with Gasteiger partial charge in [-0.25, -0.2) is 8.42 Å². The van der Waals surface area contributed by atoms with Gasteiger partial charge in [-0.05, 0) is 35.7 Å². The summed E-state index contributed by atoms with van der Waals surface area (Å²) in [6, 6.07) is 22.4. The van der Waals surface area contributed by atoms with Crippen LogP contribution in [0.4, 0.5) is 11.6 Å². The van der Waals surface area contributed by atoms with Gasteiger partial charge in [0.1, 0.15) is 0 Å². The normalized spacial score (nSPS) is 14.7. The number of hydrogen-bond donors (Lipinski definition) is 0. The molecule has 8 heteroatoms. The number of anilines is 2. The summed E-state index contributed by atoms with van der Waals surface area (Å²) in [5, 5.41) is 1.90. The van der Waals surface area contributed by atoms with Crippen LogP contribution in [0.5, 0.6) is 0 Å². The predicted molar refractivity (Wildman–Crippen MR) is 123 cm³/mol. The number of benzene rings is 2. The van der Waals surface area contributed by atoms with E-state index in [1.165, 1.54) is 11.3 Å². The molecule has 6 nitrogen and oxygen atoms in total. The second-order valence-electron chi connectivity index (χ2n) is 7.23. The molecular weight excluding hydrogens is 430 g/mol. The zero-order chi connectivity index (χ0) is 21.3. The molecule has 5 rings (SSSR count). The summed E-state index contributed by atoms with van der Waals surface area (Å²) in [7, 11) is -3.81. The van der Waals surface area contributed by atoms with Crippen LogP contribution in [0, 0.1) is 0 Å². The Bertz CT molecular complexity index is 1250. The molecule has 31 heavy (non-hydrogen) atoms. The minimum Gasteiger partial charge on any atom is -0.418 e. The number of piperazine rings is 1. The maximum atomic E-state index is 13.4. The first-order valence-corrected chi connectivity index (χ1v) is 12.4. The Labute approximate surface area is 185 Å². The number of rotatable bonds is 5. The van der Waals surface area contributed by atoms with Crippen LogP contribution >= 0.6 is 11.3 Å². The minimum absolute atomic E-state index is 0.0183. The van der Waals surface area contributed by atoms with Gasteiger partial charge in [0.05, 0.1) is 9.77 Å². The average Bonchev–Trinajstić information content (AvgIpc) is 3.51. The van der Waals surface area contributed by atoms with Gasteiger partial charge in [0.15, 0.2) is 0 Å². The van der Waals surface area contributed by atoms with Crippen LogP contribution in [0.2, 0.25) is 0 Å². The third kappa shape index (κ3) is 3.84. The fraction of sp³-hybridized carbons (Fsp3) is 0.174. The molecule has 1 saturated heterocycles. The highest BCUT2D eigenvalue weighted by atomic mass is 32.2. The minimum atomic E-state index is -3.81. The fourth-order valence-electron chi connectivity index (χ4n) is 3.70. The standard InChI is InChI=1S/C23H21N3O3S2/c27-31(28,19-10-5-2-6-11-19)22-23(29-21(24-22)20-12-7-17-30-20)26-15-13-25(14-16-26)18-8-3-1-4-9-18/h1-12,17H,13-16H2. The first-order valence-electron chi connectivity index (χ1n) is 10.0. The number of nitrogens with zero attached hydrogens (tertiary/aromatic N) is 3. The Balaban J connectivity index is 1.50. The van der Waals surface area contributed by atoms with E-state index in [1.807, 2.05) is 40.6 Å². The van der Waals surface area contributed by atoms with Gasteiger partial charge in [-0.3, -0.25) is 0 Å². The lowest BCUT2D eigenvalue weighted by atomic mass is 10.2. The topological polar surface area (TPSA) is 66.7 Å². The number of sulfone groups is 1. The molecule has 1 fully saturated rings. The molecule has 0 unspecified atom stereocenters. The van der Waals surface area contributed by atoms with Crippen molar-refractivity contribution in [3.63, 3.8) is 0 Å². The Kier molecular flexibility index (Phi) is 5.25. The molecular formula is C23H21N3O3S2. The molecule has 0 N–H and O–H groups in total. The number of aromatic nitrogens is 1. The number of oxazole rings is 1. The van der Waals surface area contributed by atoms with E-state index in [0.717, 1.165) is 23.7 Å². The van der Waals surface area contributed by atoms with Gasteiger partial charge in [-0.1, -0.05) is 42.5 Å². The number of thiophene rings is 1. The van der Waals surface area contributed by atoms with Crippen LogP contribution in [0.15, 0.2) is 92.5 Å². The molecule has 0 radical (unpaired) electrons. The van der Waals surface area contributed by atoms with Crippen molar-refractivity contribution in [3.8, 4) is 10.8 Å². The van der Waals surface area contributed by atoms with Crippen molar-refractivity contribution in [2.45, 2.75) is 9.92 Å². The molecule has 158 valence electrons. The van der Waals surface area contributed by atoms with Gasteiger partial charge in [0.25, 0.3) is 0 Å². The summed E-state index contributed by atoms with van der Waals surface area (Å²) in [6.45, 7) is 2.82. The molecule has 3 heterocycles. The Morgan fingerprint density at radius 2 is 1.45 bits per heavy atom. The predicted octanol–water partition coefficient (Wildman–Crippen LogP) is 4.56. The molecule has 0 amide bonds. The van der Waals surface area contributed by atoms with Crippen molar-refractivity contribution < 1.29 is 12.8 Å². The van der Waals surface area contributed by atoms with Gasteiger partial charge >= 0.3 is 0 Å². The van der Waals surface area contributed by atoms with Crippen LogP contribution in [-0.4, -0.2) is 39.6 Å². The van der Waals surface area contributed by atoms with Crippen LogP contribution < -0.4 is 9.80 Å². The van der Waals surface area contributed by atoms with Crippen LogP contribution in [0.1, 0.15) is 0 Å². The van der Waals surface area contributed by atoms with Gasteiger partial charge in [0.2, 0.25) is 26.6 Å². The van der Waals surface area contributed by atoms with Gasteiger partial charge < -0.3 is 14.2 Å². The van der Waals surface area contributed by atoms with E-state index in [0.29, 0.717) is 24.9 Å². The Morgan fingerprint density at radius 1 is 0.806 bits per heavy atom. The summed E-state index contributed by atoms with van der Waals surface area (Å²) in [4.78, 5) is 9.75. The molecule has 4 aromatic rings. The molecule has 0 aliphatic carbocycles. The summed E-state index contributed by atoms with van der Waals surface area (Å²) in [5.74, 6) is 0.657. The summed E-state index contributed by atoms with van der Waals surface area (Å²) in [5.41, 5.74) is 1.16. The molecule has 2 aromatic heterocycles. The molecule has 1 aliphatic heterocycles. The van der Waals surface area contributed by atoms with Crippen molar-refractivity contribution >= 4 is 32.7 Å². The average molecular weight is 452 g/mol. The van der Waals surface area contributed by atoms with E-state index in [4.69, 9.17) is 4.42 Å². The molecule has 0 spiro atoms. The SMILES string of the molecule is O=S(=O)(c1ccccc1)c1nc(-c2cccs2)oc1N1CCN(c2ccccc2)CC1. The van der Waals surface area contributed by atoms with Crippen molar-refractivity contribution in [3.05, 3.63) is 78.2 Å². The third-order valence-corrected chi connectivity index (χ3v) is 7.83. The highest BCUT2D eigenvalue weighted by Crippen LogP contribution is 2.36. The first kappa shape index (κ1) is 19.8. The highest BCUT2D eigenvalue weighted by Gasteiger charge is 2.33. The Morgan fingerprint density at radius 3 is 2.10 bits per heavy atom. The monoisotopic (exact) mass is 451 g/mol. The molecule has 2 aromatic carbocycles. The van der Waals surface area contributed by atoms with Gasteiger partial charge in [-0.2, -0.15) is 4.98 Å². The van der Waals surface area contributed by atoms with Crippen LogP contribution in [0.3, 0.4) is 0 Å². The largest absolute Gasteiger partial charge is 0.418 e. The third-order valence-electron chi connectivity index (χ3n) is 5.31. The second-order valence-corrected chi connectivity index (χ2v) is 10.0. The van der Waals surface area contributed by atoms with Crippen molar-refractivity contribution in [2.24, 2.45) is 0 Å². The maximum absolute atomic E-state index is 13.4. The van der Waals surface area contributed by atoms with Gasteiger partial charge in [0, 0.05) is 31.9 Å². The van der Waals surface area contributed by atoms with E-state index >= 15 is 0 Å². The molecule has 0 saturated carbocycles. The molecule has 0 bridgehead atoms. The van der Waals surface area contributed by atoms with Crippen molar-refractivity contribution in [1.82, 2.24) is 4.98 Å². The zero-order valence-electron chi connectivity index (χ0n) is 16.7.